The average Bonchev–Trinajstić information content (AvgIpc) is 2.83. The molecule has 8 heteroatoms. The first kappa shape index (κ1) is 13.1. The number of hydrogen-bond donors (Lipinski definition) is 2. The number of rotatable bonds is 3. The van der Waals surface area contributed by atoms with E-state index in [-0.39, 0.29) is 16.4 Å². The number of carboxylic acid groups (broad SMARTS) is 1. The lowest BCUT2D eigenvalue weighted by atomic mass is 10.3. The number of nitrogens with one attached hydrogen (secondary N) is 1. The van der Waals surface area contributed by atoms with E-state index in [1.807, 2.05) is 0 Å². The third-order valence-corrected chi connectivity index (χ3v) is 2.94. The number of halogens is 2. The van der Waals surface area contributed by atoms with Crippen molar-refractivity contribution >= 4 is 28.9 Å². The van der Waals surface area contributed by atoms with Crippen LogP contribution in [0.25, 0.3) is 0 Å². The van der Waals surface area contributed by atoms with Crippen LogP contribution in [-0.4, -0.2) is 22.0 Å². The van der Waals surface area contributed by atoms with E-state index in [4.69, 9.17) is 5.11 Å². The van der Waals surface area contributed by atoms with Gasteiger partial charge in [0.1, 0.15) is 0 Å². The lowest BCUT2D eigenvalue weighted by molar-refractivity contribution is 0.0691. The highest BCUT2D eigenvalue weighted by Gasteiger charge is 2.15. The molecule has 0 saturated heterocycles. The van der Waals surface area contributed by atoms with Crippen molar-refractivity contribution in [3.05, 3.63) is 45.9 Å². The molecule has 2 rings (SSSR count). The molecule has 1 aromatic heterocycles. The van der Waals surface area contributed by atoms with Gasteiger partial charge in [-0.1, -0.05) is 0 Å². The van der Waals surface area contributed by atoms with Crippen molar-refractivity contribution in [2.45, 2.75) is 0 Å². The number of aromatic nitrogens is 1. The van der Waals surface area contributed by atoms with E-state index in [0.29, 0.717) is 0 Å². The maximum atomic E-state index is 12.9. The first-order valence-electron chi connectivity index (χ1n) is 4.92. The predicted octanol–water partition coefficient (Wildman–Crippen LogP) is 2.37. The van der Waals surface area contributed by atoms with Gasteiger partial charge in [-0.2, -0.15) is 0 Å². The number of carboxylic acids is 1. The Kier molecular flexibility index (Phi) is 3.52. The van der Waals surface area contributed by atoms with Gasteiger partial charge in [-0.25, -0.2) is 18.6 Å². The van der Waals surface area contributed by atoms with Crippen LogP contribution in [0.1, 0.15) is 20.3 Å². The summed E-state index contributed by atoms with van der Waals surface area (Å²) in [7, 11) is 0. The third kappa shape index (κ3) is 2.91. The minimum Gasteiger partial charge on any atom is -0.476 e. The molecule has 0 bridgehead atoms. The van der Waals surface area contributed by atoms with E-state index < -0.39 is 23.5 Å². The largest absolute Gasteiger partial charge is 0.476 e. The molecule has 19 heavy (non-hydrogen) atoms. The van der Waals surface area contributed by atoms with Gasteiger partial charge in [-0.15, -0.1) is 11.3 Å². The minimum atomic E-state index is -1.25. The SMILES string of the molecule is O=C(O)c1csc(C(=O)Nc2ccc(F)c(F)c2)n1. The zero-order valence-electron chi connectivity index (χ0n) is 9.18. The summed E-state index contributed by atoms with van der Waals surface area (Å²) in [6, 6.07) is 2.87. The summed E-state index contributed by atoms with van der Waals surface area (Å²) >= 11 is 0.841. The zero-order chi connectivity index (χ0) is 14.0. The molecular weight excluding hydrogens is 278 g/mol. The number of carbonyl (C=O) groups is 2. The van der Waals surface area contributed by atoms with E-state index in [1.54, 1.807) is 0 Å². The second-order valence-corrected chi connectivity index (χ2v) is 4.28. The molecule has 0 aliphatic rings. The number of aromatic carboxylic acids is 1. The molecule has 5 nitrogen and oxygen atoms in total. The highest BCUT2D eigenvalue weighted by molar-refractivity contribution is 7.12. The second kappa shape index (κ2) is 5.11. The Morgan fingerprint density at radius 2 is 2.00 bits per heavy atom. The smallest absolute Gasteiger partial charge is 0.355 e. The van der Waals surface area contributed by atoms with Crippen molar-refractivity contribution in [3.8, 4) is 0 Å². The minimum absolute atomic E-state index is 0.0518. The first-order valence-corrected chi connectivity index (χ1v) is 5.80. The van der Waals surface area contributed by atoms with Crippen LogP contribution < -0.4 is 5.32 Å². The van der Waals surface area contributed by atoms with Gasteiger partial charge in [0.15, 0.2) is 22.3 Å². The summed E-state index contributed by atoms with van der Waals surface area (Å²) < 4.78 is 25.6. The first-order chi connectivity index (χ1) is 8.97. The van der Waals surface area contributed by atoms with Gasteiger partial charge in [0.2, 0.25) is 0 Å². The molecule has 98 valence electrons. The van der Waals surface area contributed by atoms with Gasteiger partial charge in [0.05, 0.1) is 0 Å². The molecule has 0 fully saturated rings. The van der Waals surface area contributed by atoms with E-state index in [0.717, 1.165) is 23.5 Å². The average molecular weight is 284 g/mol. The summed E-state index contributed by atoms with van der Waals surface area (Å²) in [6.07, 6.45) is 0. The van der Waals surface area contributed by atoms with E-state index in [2.05, 4.69) is 10.3 Å². The lowest BCUT2D eigenvalue weighted by Gasteiger charge is -2.03. The van der Waals surface area contributed by atoms with Crippen molar-refractivity contribution in [2.24, 2.45) is 0 Å². The Labute approximate surface area is 109 Å². The van der Waals surface area contributed by atoms with Crippen LogP contribution in [0.3, 0.4) is 0 Å². The maximum absolute atomic E-state index is 12.9. The second-order valence-electron chi connectivity index (χ2n) is 3.43. The predicted molar refractivity (Wildman–Crippen MR) is 63.4 cm³/mol. The Morgan fingerprint density at radius 3 is 2.58 bits per heavy atom. The lowest BCUT2D eigenvalue weighted by Crippen LogP contribution is -2.12. The molecular formula is C11H6F2N2O3S. The van der Waals surface area contributed by atoms with Crippen molar-refractivity contribution in [1.82, 2.24) is 4.98 Å². The molecule has 1 heterocycles. The molecule has 0 atom stereocenters. The molecule has 2 N–H and O–H groups in total. The fraction of sp³-hybridized carbons (Fsp3) is 0. The molecule has 1 aromatic carbocycles. The maximum Gasteiger partial charge on any atom is 0.355 e. The van der Waals surface area contributed by atoms with Crippen molar-refractivity contribution in [3.63, 3.8) is 0 Å². The molecule has 1 amide bonds. The summed E-state index contributed by atoms with van der Waals surface area (Å²) in [5, 5.41) is 12.1. The van der Waals surface area contributed by atoms with Crippen LogP contribution in [0.4, 0.5) is 14.5 Å². The monoisotopic (exact) mass is 284 g/mol. The van der Waals surface area contributed by atoms with Crippen LogP contribution in [0.5, 0.6) is 0 Å². The molecule has 0 radical (unpaired) electrons. The van der Waals surface area contributed by atoms with Crippen LogP contribution in [0.15, 0.2) is 23.6 Å². The number of nitrogens with zero attached hydrogens (tertiary/aromatic N) is 1. The van der Waals surface area contributed by atoms with Gasteiger partial charge in [-0.05, 0) is 12.1 Å². The number of amides is 1. The van der Waals surface area contributed by atoms with Crippen LogP contribution in [0.2, 0.25) is 0 Å². The van der Waals surface area contributed by atoms with Crippen molar-refractivity contribution in [1.29, 1.82) is 0 Å². The van der Waals surface area contributed by atoms with E-state index in [9.17, 15) is 18.4 Å². The third-order valence-electron chi connectivity index (χ3n) is 2.10. The zero-order valence-corrected chi connectivity index (χ0v) is 10.0. The standard InChI is InChI=1S/C11H6F2N2O3S/c12-6-2-1-5(3-7(6)13)14-9(16)10-15-8(4-19-10)11(17)18/h1-4H,(H,14,16)(H,17,18). The molecule has 0 unspecified atom stereocenters. The molecule has 0 aliphatic carbocycles. The Hall–Kier alpha value is -2.35. The Balaban J connectivity index is 2.15. The van der Waals surface area contributed by atoms with Gasteiger partial charge >= 0.3 is 5.97 Å². The van der Waals surface area contributed by atoms with E-state index in [1.165, 1.54) is 11.4 Å². The molecule has 0 aliphatic heterocycles. The number of benzene rings is 1. The van der Waals surface area contributed by atoms with Gasteiger partial charge < -0.3 is 10.4 Å². The van der Waals surface area contributed by atoms with Crippen LogP contribution in [0, 0.1) is 11.6 Å². The Bertz CT molecular complexity index is 657. The fourth-order valence-electron chi connectivity index (χ4n) is 1.23. The summed E-state index contributed by atoms with van der Waals surface area (Å²) in [5.41, 5.74) is -0.198. The van der Waals surface area contributed by atoms with Crippen LogP contribution >= 0.6 is 11.3 Å². The Morgan fingerprint density at radius 1 is 1.26 bits per heavy atom. The van der Waals surface area contributed by atoms with Gasteiger partial charge in [0, 0.05) is 17.1 Å². The van der Waals surface area contributed by atoms with Crippen LogP contribution in [-0.2, 0) is 0 Å². The summed E-state index contributed by atoms with van der Waals surface area (Å²) in [5.74, 6) is -4.06. The van der Waals surface area contributed by atoms with E-state index >= 15 is 0 Å². The summed E-state index contributed by atoms with van der Waals surface area (Å²) in [6.45, 7) is 0. The van der Waals surface area contributed by atoms with Gasteiger partial charge in [0.25, 0.3) is 5.91 Å². The highest BCUT2D eigenvalue weighted by Crippen LogP contribution is 2.16. The number of carbonyl (C=O) groups excluding carboxylic acids is 1. The van der Waals surface area contributed by atoms with Crippen molar-refractivity contribution < 1.29 is 23.5 Å². The summed E-state index contributed by atoms with van der Waals surface area (Å²) in [4.78, 5) is 25.9. The van der Waals surface area contributed by atoms with Crippen molar-refractivity contribution in [2.75, 3.05) is 5.32 Å². The normalized spacial score (nSPS) is 10.2. The van der Waals surface area contributed by atoms with Gasteiger partial charge in [-0.3, -0.25) is 4.79 Å². The molecule has 0 spiro atoms. The number of hydrogen-bond acceptors (Lipinski definition) is 4. The molecule has 0 saturated carbocycles. The number of thiazole rings is 1. The molecule has 2 aromatic rings. The topological polar surface area (TPSA) is 79.3 Å². The fourth-order valence-corrected chi connectivity index (χ4v) is 1.92. The quantitative estimate of drug-likeness (QED) is 0.906. The highest BCUT2D eigenvalue weighted by atomic mass is 32.1. The number of anilines is 1.